The quantitative estimate of drug-likeness (QED) is 0.113. The minimum atomic E-state index is -1.80. The summed E-state index contributed by atoms with van der Waals surface area (Å²) >= 11 is 0. The van der Waals surface area contributed by atoms with Gasteiger partial charge in [0.25, 0.3) is 0 Å². The maximum atomic E-state index is 14.5. The maximum absolute atomic E-state index is 14.5. The first-order chi connectivity index (χ1) is 25.5. The summed E-state index contributed by atoms with van der Waals surface area (Å²) in [6.07, 6.45) is -7.51. The van der Waals surface area contributed by atoms with E-state index in [1.807, 2.05) is 0 Å². The lowest BCUT2D eigenvalue weighted by Gasteiger charge is -2.71. The van der Waals surface area contributed by atoms with Crippen molar-refractivity contribution in [3.63, 3.8) is 0 Å². The maximum Gasteiger partial charge on any atom is 0.335 e. The molecule has 0 aromatic carbocycles. The molecule has 0 amide bonds. The van der Waals surface area contributed by atoms with Crippen molar-refractivity contribution in [1.82, 2.24) is 0 Å². The highest BCUT2D eigenvalue weighted by Crippen LogP contribution is 2.76. The Balaban J connectivity index is 1.18. The number of ether oxygens (including phenoxy) is 4. The molecule has 4 saturated carbocycles. The molecule has 0 radical (unpaired) electrons. The lowest BCUT2D eigenvalue weighted by Crippen LogP contribution is -2.68. The van der Waals surface area contributed by atoms with Crippen LogP contribution in [0.4, 0.5) is 0 Å². The van der Waals surface area contributed by atoms with Gasteiger partial charge in [-0.25, -0.2) is 4.79 Å². The van der Waals surface area contributed by atoms with Crippen molar-refractivity contribution in [2.45, 2.75) is 174 Å². The molecule has 8 N–H and O–H groups in total. The molecule has 2 aliphatic heterocycles. The molecule has 14 nitrogen and oxygen atoms in total. The van der Waals surface area contributed by atoms with Crippen LogP contribution in [0.3, 0.4) is 0 Å². The Hall–Kier alpha value is -1.72. The summed E-state index contributed by atoms with van der Waals surface area (Å²) in [5.74, 6) is -2.07. The number of hydrogen-bond donors (Lipinski definition) is 8. The molecule has 18 unspecified atom stereocenters. The van der Waals surface area contributed by atoms with E-state index in [1.165, 1.54) is 5.57 Å². The van der Waals surface area contributed by atoms with Gasteiger partial charge in [-0.1, -0.05) is 60.1 Å². The predicted octanol–water partition coefficient (Wildman–Crippen LogP) is 2.02. The van der Waals surface area contributed by atoms with Crippen LogP contribution in [0.1, 0.15) is 106 Å². The van der Waals surface area contributed by atoms with Gasteiger partial charge in [0, 0.05) is 0 Å². The highest BCUT2D eigenvalue weighted by Gasteiger charge is 2.72. The fourth-order valence-corrected chi connectivity index (χ4v) is 13.4. The van der Waals surface area contributed by atoms with Crippen LogP contribution in [0.15, 0.2) is 11.6 Å². The molecule has 6 fully saturated rings. The smallest absolute Gasteiger partial charge is 0.335 e. The fourth-order valence-electron chi connectivity index (χ4n) is 13.4. The van der Waals surface area contributed by atoms with E-state index >= 15 is 0 Å². The van der Waals surface area contributed by atoms with Crippen LogP contribution in [0, 0.1) is 50.2 Å². The molecule has 2 saturated heterocycles. The number of carbonyl (C=O) groups is 2. The van der Waals surface area contributed by atoms with Gasteiger partial charge in [0.15, 0.2) is 12.4 Å². The highest BCUT2D eigenvalue weighted by atomic mass is 16.7. The second kappa shape index (κ2) is 13.7. The van der Waals surface area contributed by atoms with Crippen molar-refractivity contribution in [3.05, 3.63) is 11.6 Å². The van der Waals surface area contributed by atoms with Crippen molar-refractivity contribution in [3.8, 4) is 0 Å². The van der Waals surface area contributed by atoms with Gasteiger partial charge in [0.2, 0.25) is 6.29 Å². The fraction of sp³-hybridized carbons (Fsp3) is 0.902. The second-order valence-electron chi connectivity index (χ2n) is 20.4. The zero-order chi connectivity index (χ0) is 40.4. The van der Waals surface area contributed by atoms with Crippen LogP contribution < -0.4 is 0 Å². The van der Waals surface area contributed by atoms with E-state index in [1.54, 1.807) is 0 Å². The Bertz CT molecular complexity index is 1550. The average molecular weight is 781 g/mol. The average Bonchev–Trinajstić information content (AvgIpc) is 3.09. The normalized spacial score (nSPS) is 53.0. The number of fused-ring (bicyclic) bond motifs is 7. The number of hydrogen-bond acceptors (Lipinski definition) is 13. The molecule has 5 aliphatic carbocycles. The Labute approximate surface area is 323 Å². The van der Waals surface area contributed by atoms with Gasteiger partial charge in [0.05, 0.1) is 18.8 Å². The molecule has 312 valence electrons. The SMILES string of the molecule is CC1(C)CCC2(C(=O)OC3OCC(O)C(O)C3O)C(O)CC3(C)C(=CCC4C5(C)CCC(OC6OC(C(=O)O)C(O)C(O)C6O)C(C)(C)C5CCC43C)C2C1. The molecule has 2 heterocycles. The van der Waals surface area contributed by atoms with Crippen molar-refractivity contribution >= 4 is 11.9 Å². The monoisotopic (exact) mass is 780 g/mol. The number of aliphatic hydroxyl groups is 7. The number of rotatable bonds is 5. The highest BCUT2D eigenvalue weighted by molar-refractivity contribution is 5.80. The van der Waals surface area contributed by atoms with Gasteiger partial charge in [-0.2, -0.15) is 0 Å². The number of carbonyl (C=O) groups excluding carboxylic acids is 1. The number of esters is 1. The van der Waals surface area contributed by atoms with E-state index in [-0.39, 0.29) is 40.6 Å². The molecule has 18 atom stereocenters. The topological polar surface area (TPSA) is 233 Å². The first-order valence-electron chi connectivity index (χ1n) is 20.3. The summed E-state index contributed by atoms with van der Waals surface area (Å²) in [4.78, 5) is 26.3. The Kier molecular flexibility index (Phi) is 10.3. The third-order valence-corrected chi connectivity index (χ3v) is 16.8. The van der Waals surface area contributed by atoms with Crippen LogP contribution in [0.5, 0.6) is 0 Å². The number of aliphatic carboxylic acids is 1. The summed E-state index contributed by atoms with van der Waals surface area (Å²) in [7, 11) is 0. The third-order valence-electron chi connectivity index (χ3n) is 16.8. The number of carboxylic acid groups (broad SMARTS) is 1. The molecular weight excluding hydrogens is 716 g/mol. The largest absolute Gasteiger partial charge is 0.479 e. The summed E-state index contributed by atoms with van der Waals surface area (Å²) < 4.78 is 23.2. The molecule has 0 spiro atoms. The van der Waals surface area contributed by atoms with Crippen molar-refractivity contribution < 1.29 is 69.4 Å². The molecule has 7 aliphatic rings. The first kappa shape index (κ1) is 41.4. The molecule has 0 aromatic rings. The summed E-state index contributed by atoms with van der Waals surface area (Å²) in [6, 6.07) is 0. The minimum Gasteiger partial charge on any atom is -0.479 e. The third kappa shape index (κ3) is 6.01. The zero-order valence-corrected chi connectivity index (χ0v) is 33.3. The lowest BCUT2D eigenvalue weighted by molar-refractivity contribution is -0.324. The first-order valence-corrected chi connectivity index (χ1v) is 20.3. The Morgan fingerprint density at radius 2 is 1.44 bits per heavy atom. The summed E-state index contributed by atoms with van der Waals surface area (Å²) in [5.41, 5.74) is -1.56. The molecule has 0 aromatic heterocycles. The van der Waals surface area contributed by atoms with Gasteiger partial charge >= 0.3 is 11.9 Å². The van der Waals surface area contributed by atoms with Gasteiger partial charge < -0.3 is 59.8 Å². The van der Waals surface area contributed by atoms with Crippen LogP contribution >= 0.6 is 0 Å². The van der Waals surface area contributed by atoms with Crippen LogP contribution in [0.25, 0.3) is 0 Å². The van der Waals surface area contributed by atoms with Crippen LogP contribution in [0.2, 0.25) is 0 Å². The number of aliphatic hydroxyl groups excluding tert-OH is 7. The van der Waals surface area contributed by atoms with E-state index in [2.05, 4.69) is 54.5 Å². The molecule has 55 heavy (non-hydrogen) atoms. The second-order valence-corrected chi connectivity index (χ2v) is 20.4. The summed E-state index contributed by atoms with van der Waals surface area (Å²) in [5, 5.41) is 84.4. The number of allylic oxidation sites excluding steroid dienone is 2. The van der Waals surface area contributed by atoms with E-state index in [0.29, 0.717) is 32.1 Å². The van der Waals surface area contributed by atoms with Gasteiger partial charge in [-0.3, -0.25) is 4.79 Å². The minimum absolute atomic E-state index is 0.119. The summed E-state index contributed by atoms with van der Waals surface area (Å²) in [6.45, 7) is 15.4. The number of carboxylic acids is 1. The molecular formula is C41H64O14. The zero-order valence-electron chi connectivity index (χ0n) is 33.3. The predicted molar refractivity (Wildman–Crippen MR) is 193 cm³/mol. The van der Waals surface area contributed by atoms with Crippen LogP contribution in [-0.4, -0.2) is 127 Å². The van der Waals surface area contributed by atoms with Gasteiger partial charge in [-0.05, 0) is 103 Å². The Morgan fingerprint density at radius 1 is 0.764 bits per heavy atom. The molecule has 0 bridgehead atoms. The lowest BCUT2D eigenvalue weighted by atomic mass is 9.33. The standard InChI is InChI=1S/C41H64O14/c1-36(2)14-15-41(35(51)55-33-29(47)26(44)21(42)18-52-33)20(16-36)19-8-9-23-38(5)12-11-25(53-34-30(48)27(45)28(46)31(54-34)32(49)50)37(3,4)22(38)10-13-39(23,6)40(19,7)17-24(41)43/h8,20-31,33-34,42-48H,9-18H2,1-7H3,(H,49,50). The van der Waals surface area contributed by atoms with Crippen molar-refractivity contribution in [2.75, 3.05) is 6.61 Å². The van der Waals surface area contributed by atoms with E-state index < -0.39 is 95.7 Å². The van der Waals surface area contributed by atoms with E-state index in [0.717, 1.165) is 25.7 Å². The van der Waals surface area contributed by atoms with E-state index in [4.69, 9.17) is 18.9 Å². The van der Waals surface area contributed by atoms with Crippen molar-refractivity contribution in [1.29, 1.82) is 0 Å². The van der Waals surface area contributed by atoms with Gasteiger partial charge in [0.1, 0.15) is 42.0 Å². The van der Waals surface area contributed by atoms with E-state index in [9.17, 15) is 50.4 Å². The van der Waals surface area contributed by atoms with Gasteiger partial charge in [-0.15, -0.1) is 0 Å². The van der Waals surface area contributed by atoms with Crippen molar-refractivity contribution in [2.24, 2.45) is 50.2 Å². The molecule has 7 rings (SSSR count). The molecule has 14 heteroatoms. The Morgan fingerprint density at radius 3 is 2.11 bits per heavy atom. The van der Waals surface area contributed by atoms with Crippen LogP contribution in [-0.2, 0) is 28.5 Å².